The number of carbonyl (C=O) groups excluding carboxylic acids is 1. The van der Waals surface area contributed by atoms with E-state index in [-0.39, 0.29) is 5.56 Å². The van der Waals surface area contributed by atoms with Gasteiger partial charge in [0.25, 0.3) is 0 Å². The quantitative estimate of drug-likeness (QED) is 0.854. The monoisotopic (exact) mass is 306 g/mol. The molecular weight excluding hydrogens is 292 g/mol. The van der Waals surface area contributed by atoms with E-state index in [1.165, 1.54) is 12.3 Å². The van der Waals surface area contributed by atoms with Gasteiger partial charge in [0.05, 0.1) is 17.2 Å². The van der Waals surface area contributed by atoms with Crippen LogP contribution in [0.3, 0.4) is 0 Å². The predicted molar refractivity (Wildman–Crippen MR) is 80.5 cm³/mol. The van der Waals surface area contributed by atoms with Crippen LogP contribution in [0.15, 0.2) is 30.6 Å². The molecule has 2 rings (SSSR count). The van der Waals surface area contributed by atoms with Gasteiger partial charge in [0.2, 0.25) is 11.8 Å². The Morgan fingerprint density at radius 3 is 2.90 bits per heavy atom. The van der Waals surface area contributed by atoms with Gasteiger partial charge in [-0.3, -0.25) is 4.79 Å². The molecule has 2 aromatic rings. The molecule has 2 heterocycles. The number of nitrogens with two attached hydrogens (primary N) is 1. The first-order valence-corrected chi connectivity index (χ1v) is 6.75. The molecule has 0 spiro atoms. The number of hydrogen-bond acceptors (Lipinski definition) is 5. The zero-order valence-corrected chi connectivity index (χ0v) is 12.2. The molecule has 0 aromatic carbocycles. The lowest BCUT2D eigenvalue weighted by Gasteiger charge is -2.09. The van der Waals surface area contributed by atoms with E-state index in [0.29, 0.717) is 29.9 Å². The van der Waals surface area contributed by atoms with Gasteiger partial charge in [-0.2, -0.15) is 0 Å². The summed E-state index contributed by atoms with van der Waals surface area (Å²) in [4.78, 5) is 19.2. The summed E-state index contributed by atoms with van der Waals surface area (Å²) >= 11 is 6.05. The molecule has 0 aliphatic heterocycles. The summed E-state index contributed by atoms with van der Waals surface area (Å²) in [6, 6.07) is 5.18. The third-order valence-electron chi connectivity index (χ3n) is 2.68. The Labute approximate surface area is 127 Å². The predicted octanol–water partition coefficient (Wildman–Crippen LogP) is 2.24. The highest BCUT2D eigenvalue weighted by Gasteiger charge is 2.07. The van der Waals surface area contributed by atoms with Crippen LogP contribution in [-0.4, -0.2) is 22.5 Å². The zero-order valence-electron chi connectivity index (χ0n) is 11.5. The van der Waals surface area contributed by atoms with Gasteiger partial charge in [0.1, 0.15) is 5.82 Å². The summed E-state index contributed by atoms with van der Waals surface area (Å²) in [5, 5.41) is 3.42. The van der Waals surface area contributed by atoms with Crippen molar-refractivity contribution in [2.24, 2.45) is 5.73 Å². The first kappa shape index (κ1) is 15.1. The number of nitrogens with zero attached hydrogens (tertiary/aromatic N) is 2. The lowest BCUT2D eigenvalue weighted by molar-refractivity contribution is 0.1000. The van der Waals surface area contributed by atoms with Crippen molar-refractivity contribution in [3.8, 4) is 5.88 Å². The van der Waals surface area contributed by atoms with Crippen LogP contribution in [0, 0.1) is 0 Å². The van der Waals surface area contributed by atoms with Gasteiger partial charge in [-0.15, -0.1) is 0 Å². The molecule has 110 valence electrons. The highest BCUT2D eigenvalue weighted by molar-refractivity contribution is 6.33. The number of primary amides is 1. The Morgan fingerprint density at radius 1 is 1.43 bits per heavy atom. The first-order chi connectivity index (χ1) is 10.1. The molecule has 3 N–H and O–H groups in total. The third-order valence-corrected chi connectivity index (χ3v) is 2.97. The highest BCUT2D eigenvalue weighted by Crippen LogP contribution is 2.21. The van der Waals surface area contributed by atoms with Crippen molar-refractivity contribution >= 4 is 23.3 Å². The molecular formula is C14H15ClN4O2. The summed E-state index contributed by atoms with van der Waals surface area (Å²) in [5.74, 6) is 0.489. The Balaban J connectivity index is 2.06. The van der Waals surface area contributed by atoms with E-state index in [9.17, 15) is 4.79 Å². The summed E-state index contributed by atoms with van der Waals surface area (Å²) < 4.78 is 5.33. The third kappa shape index (κ3) is 4.06. The fraction of sp³-hybridized carbons (Fsp3) is 0.214. The lowest BCUT2D eigenvalue weighted by Crippen LogP contribution is -2.12. The summed E-state index contributed by atoms with van der Waals surface area (Å²) in [6.07, 6.45) is 3.06. The van der Waals surface area contributed by atoms with Gasteiger partial charge in [0, 0.05) is 25.0 Å². The lowest BCUT2D eigenvalue weighted by atomic mass is 10.2. The number of anilines is 1. The van der Waals surface area contributed by atoms with Gasteiger partial charge in [-0.1, -0.05) is 11.6 Å². The molecule has 7 heteroatoms. The number of halogens is 1. The summed E-state index contributed by atoms with van der Waals surface area (Å²) in [7, 11) is 0. The van der Waals surface area contributed by atoms with Gasteiger partial charge in [0.15, 0.2) is 0 Å². The molecule has 0 atom stereocenters. The van der Waals surface area contributed by atoms with Crippen molar-refractivity contribution in [1.29, 1.82) is 0 Å². The number of ether oxygens (including phenoxy) is 1. The fourth-order valence-corrected chi connectivity index (χ4v) is 1.91. The van der Waals surface area contributed by atoms with E-state index < -0.39 is 5.91 Å². The van der Waals surface area contributed by atoms with Gasteiger partial charge < -0.3 is 15.8 Å². The van der Waals surface area contributed by atoms with Crippen LogP contribution in [0.1, 0.15) is 22.8 Å². The van der Waals surface area contributed by atoms with Crippen molar-refractivity contribution in [1.82, 2.24) is 9.97 Å². The molecule has 6 nitrogen and oxygen atoms in total. The van der Waals surface area contributed by atoms with Crippen LogP contribution < -0.4 is 15.8 Å². The molecule has 0 radical (unpaired) electrons. The Bertz CT molecular complexity index is 649. The second-order valence-corrected chi connectivity index (χ2v) is 4.61. The molecule has 0 unspecified atom stereocenters. The SMILES string of the molecule is CCOc1cc(CNc2ncc(C(N)=O)cc2Cl)ccn1. The molecule has 0 aliphatic rings. The van der Waals surface area contributed by atoms with E-state index in [4.69, 9.17) is 22.1 Å². The highest BCUT2D eigenvalue weighted by atomic mass is 35.5. The normalized spacial score (nSPS) is 10.2. The topological polar surface area (TPSA) is 90.1 Å². The molecule has 2 aromatic heterocycles. The van der Waals surface area contributed by atoms with Gasteiger partial charge >= 0.3 is 0 Å². The smallest absolute Gasteiger partial charge is 0.250 e. The zero-order chi connectivity index (χ0) is 15.2. The maximum atomic E-state index is 11.0. The van der Waals surface area contributed by atoms with Crippen LogP contribution in [0.5, 0.6) is 5.88 Å². The molecule has 0 saturated heterocycles. The number of rotatable bonds is 6. The number of amides is 1. The van der Waals surface area contributed by atoms with Crippen LogP contribution >= 0.6 is 11.6 Å². The van der Waals surface area contributed by atoms with E-state index in [1.807, 2.05) is 19.1 Å². The van der Waals surface area contributed by atoms with Crippen molar-refractivity contribution in [3.05, 3.63) is 46.7 Å². The summed E-state index contributed by atoms with van der Waals surface area (Å²) in [5.41, 5.74) is 6.41. The van der Waals surface area contributed by atoms with Crippen LogP contribution in [0.4, 0.5) is 5.82 Å². The molecule has 0 fully saturated rings. The standard InChI is InChI=1S/C14H15ClN4O2/c1-2-21-12-5-9(3-4-17-12)7-18-14-11(15)6-10(8-19-14)13(16)20/h3-6,8H,2,7H2,1H3,(H2,16,20)(H,18,19). The van der Waals surface area contributed by atoms with E-state index >= 15 is 0 Å². The Kier molecular flexibility index (Phi) is 4.94. The second-order valence-electron chi connectivity index (χ2n) is 4.21. The largest absolute Gasteiger partial charge is 0.478 e. The number of nitrogens with one attached hydrogen (secondary N) is 1. The van der Waals surface area contributed by atoms with Crippen LogP contribution in [0.2, 0.25) is 5.02 Å². The molecule has 0 bridgehead atoms. The maximum Gasteiger partial charge on any atom is 0.250 e. The molecule has 0 aliphatic carbocycles. The van der Waals surface area contributed by atoms with Crippen molar-refractivity contribution < 1.29 is 9.53 Å². The molecule has 21 heavy (non-hydrogen) atoms. The summed E-state index contributed by atoms with van der Waals surface area (Å²) in [6.45, 7) is 2.97. The number of carbonyl (C=O) groups is 1. The minimum atomic E-state index is -0.563. The van der Waals surface area contributed by atoms with Gasteiger partial charge in [-0.05, 0) is 24.6 Å². The second kappa shape index (κ2) is 6.90. The Hall–Kier alpha value is -2.34. The minimum Gasteiger partial charge on any atom is -0.478 e. The maximum absolute atomic E-state index is 11.0. The average molecular weight is 307 g/mol. The number of aromatic nitrogens is 2. The van der Waals surface area contributed by atoms with E-state index in [2.05, 4.69) is 15.3 Å². The fourth-order valence-electron chi connectivity index (χ4n) is 1.68. The van der Waals surface area contributed by atoms with Crippen LogP contribution in [0.25, 0.3) is 0 Å². The van der Waals surface area contributed by atoms with Crippen LogP contribution in [-0.2, 0) is 6.54 Å². The number of hydrogen-bond donors (Lipinski definition) is 2. The molecule has 0 saturated carbocycles. The van der Waals surface area contributed by atoms with Crippen molar-refractivity contribution in [3.63, 3.8) is 0 Å². The molecule has 1 amide bonds. The first-order valence-electron chi connectivity index (χ1n) is 6.37. The van der Waals surface area contributed by atoms with Gasteiger partial charge in [-0.25, -0.2) is 9.97 Å². The number of pyridine rings is 2. The Morgan fingerprint density at radius 2 is 2.24 bits per heavy atom. The van der Waals surface area contributed by atoms with E-state index in [0.717, 1.165) is 5.56 Å². The average Bonchev–Trinajstić information content (AvgIpc) is 2.46. The minimum absolute atomic E-state index is 0.271. The van der Waals surface area contributed by atoms with Crippen molar-refractivity contribution in [2.75, 3.05) is 11.9 Å². The van der Waals surface area contributed by atoms with Crippen molar-refractivity contribution in [2.45, 2.75) is 13.5 Å². The van der Waals surface area contributed by atoms with E-state index in [1.54, 1.807) is 6.20 Å².